The van der Waals surface area contributed by atoms with Gasteiger partial charge in [-0.3, -0.25) is 9.35 Å². The van der Waals surface area contributed by atoms with Crippen LogP contribution in [0.3, 0.4) is 0 Å². The summed E-state index contributed by atoms with van der Waals surface area (Å²) in [4.78, 5) is 24.3. The third-order valence-corrected chi connectivity index (χ3v) is 5.60. The molecular weight excluding hydrogens is 633 g/mol. The van der Waals surface area contributed by atoms with E-state index in [0.29, 0.717) is 12.1 Å². The molecule has 1 amide bonds. The summed E-state index contributed by atoms with van der Waals surface area (Å²) in [5, 5.41) is -4.95. The number of anilines is 1. The fourth-order valence-electron chi connectivity index (χ4n) is 2.52. The fraction of sp³-hybridized carbons (Fsp3) is 0.474. The van der Waals surface area contributed by atoms with Crippen molar-refractivity contribution in [2.24, 2.45) is 0 Å². The highest BCUT2D eigenvalue weighted by Gasteiger charge is 2.68. The lowest BCUT2D eigenvalue weighted by atomic mass is 10.1. The molecule has 1 atom stereocenters. The van der Waals surface area contributed by atoms with Crippen LogP contribution in [0.15, 0.2) is 36.4 Å². The van der Waals surface area contributed by atoms with Gasteiger partial charge in [0.2, 0.25) is 0 Å². The number of halogens is 13. The number of esters is 1. The summed E-state index contributed by atoms with van der Waals surface area (Å²) >= 11 is 0. The fourth-order valence-corrected chi connectivity index (χ4v) is 3.00. The molecule has 0 spiro atoms. The Bertz CT molecular complexity index is 1240. The van der Waals surface area contributed by atoms with Crippen LogP contribution in [-0.4, -0.2) is 60.8 Å². The summed E-state index contributed by atoms with van der Waals surface area (Å²) in [5.41, 5.74) is -4.97. The first-order valence-electron chi connectivity index (χ1n) is 10.0. The maximum Gasteiger partial charge on any atom is 0.466 e. The van der Waals surface area contributed by atoms with Crippen LogP contribution in [0.5, 0.6) is 0 Å². The number of hydrogen-bond donors (Lipinski definition) is 2. The standard InChI is InChI=1S/C19H14F13NO7S/c1-9(16(22,23)24)12(34)40-15(18(28,29)30,13(35)33-11-5-3-10(4-6-11)17(25,26)27)39-8-2-7-14(20,21)19(31,32)41(36,37)38/h3-6H,1-2,7-8H2,(H,33,35)(H,36,37,38). The van der Waals surface area contributed by atoms with Crippen molar-refractivity contribution in [2.45, 2.75) is 48.3 Å². The van der Waals surface area contributed by atoms with Crippen molar-refractivity contribution < 1.29 is 89.1 Å². The van der Waals surface area contributed by atoms with Crippen LogP contribution in [0.25, 0.3) is 0 Å². The predicted octanol–water partition coefficient (Wildman–Crippen LogP) is 5.48. The van der Waals surface area contributed by atoms with Crippen molar-refractivity contribution in [3.05, 3.63) is 42.0 Å². The number of carbonyl (C=O) groups is 2. The molecule has 1 unspecified atom stereocenters. The van der Waals surface area contributed by atoms with E-state index in [9.17, 15) is 75.1 Å². The lowest BCUT2D eigenvalue weighted by Crippen LogP contribution is -2.60. The third-order valence-electron chi connectivity index (χ3n) is 4.66. The Morgan fingerprint density at radius 1 is 0.878 bits per heavy atom. The average molecular weight is 647 g/mol. The van der Waals surface area contributed by atoms with E-state index in [1.807, 2.05) is 0 Å². The topological polar surface area (TPSA) is 119 Å². The number of nitrogens with one attached hydrogen (secondary N) is 1. The Morgan fingerprint density at radius 3 is 1.76 bits per heavy atom. The SMILES string of the molecule is C=C(C(=O)OC(OCCCC(F)(F)C(F)(F)S(=O)(=O)O)(C(=O)Nc1ccc(C(F)(F)F)cc1)C(F)(F)F)C(F)(F)F. The minimum atomic E-state index is -6.77. The predicted molar refractivity (Wildman–Crippen MR) is 107 cm³/mol. The van der Waals surface area contributed by atoms with Gasteiger partial charge in [-0.05, 0) is 30.7 Å². The highest BCUT2D eigenvalue weighted by Crippen LogP contribution is 2.42. The van der Waals surface area contributed by atoms with Crippen molar-refractivity contribution in [1.82, 2.24) is 0 Å². The van der Waals surface area contributed by atoms with Crippen LogP contribution in [0.4, 0.5) is 62.8 Å². The van der Waals surface area contributed by atoms with Crippen LogP contribution in [0, 0.1) is 0 Å². The van der Waals surface area contributed by atoms with E-state index in [0.717, 1.165) is 0 Å². The van der Waals surface area contributed by atoms with Crippen molar-refractivity contribution in [3.63, 3.8) is 0 Å². The summed E-state index contributed by atoms with van der Waals surface area (Å²) in [7, 11) is -6.77. The molecule has 234 valence electrons. The van der Waals surface area contributed by atoms with E-state index in [2.05, 4.69) is 16.1 Å². The molecule has 0 aliphatic rings. The first-order chi connectivity index (χ1) is 18.1. The number of ether oxygens (including phenoxy) is 2. The van der Waals surface area contributed by atoms with Gasteiger partial charge in [-0.2, -0.15) is 65.5 Å². The molecule has 0 aliphatic heterocycles. The van der Waals surface area contributed by atoms with Gasteiger partial charge < -0.3 is 14.8 Å². The number of benzene rings is 1. The molecule has 0 saturated heterocycles. The van der Waals surface area contributed by atoms with Gasteiger partial charge in [0.1, 0.15) is 5.57 Å². The van der Waals surface area contributed by atoms with Gasteiger partial charge in [0.15, 0.2) is 0 Å². The first kappa shape index (κ1) is 35.9. The number of rotatable bonds is 11. The maximum atomic E-state index is 14.0. The maximum absolute atomic E-state index is 14.0. The van der Waals surface area contributed by atoms with Crippen LogP contribution in [0.1, 0.15) is 18.4 Å². The Labute approximate surface area is 219 Å². The van der Waals surface area contributed by atoms with Crippen molar-refractivity contribution >= 4 is 27.7 Å². The molecule has 0 heterocycles. The molecule has 0 fully saturated rings. The second-order valence-electron chi connectivity index (χ2n) is 7.66. The van der Waals surface area contributed by atoms with Crippen LogP contribution < -0.4 is 5.32 Å². The minimum absolute atomic E-state index is 0.223. The molecule has 2 N–H and O–H groups in total. The number of alkyl halides is 13. The Kier molecular flexibility index (Phi) is 10.2. The monoisotopic (exact) mass is 647 g/mol. The molecule has 0 aromatic heterocycles. The van der Waals surface area contributed by atoms with E-state index in [1.165, 1.54) is 5.32 Å². The van der Waals surface area contributed by atoms with Crippen LogP contribution >= 0.6 is 0 Å². The molecule has 0 bridgehead atoms. The normalized spacial score (nSPS) is 15.2. The molecule has 8 nitrogen and oxygen atoms in total. The summed E-state index contributed by atoms with van der Waals surface area (Å²) in [5.74, 6) is -16.7. The Balaban J connectivity index is 3.42. The largest absolute Gasteiger partial charge is 0.466 e. The van der Waals surface area contributed by atoms with Gasteiger partial charge in [-0.1, -0.05) is 6.58 Å². The van der Waals surface area contributed by atoms with Crippen molar-refractivity contribution in [3.8, 4) is 0 Å². The molecule has 41 heavy (non-hydrogen) atoms. The van der Waals surface area contributed by atoms with E-state index in [-0.39, 0.29) is 12.1 Å². The van der Waals surface area contributed by atoms with E-state index in [1.54, 1.807) is 0 Å². The van der Waals surface area contributed by atoms with E-state index in [4.69, 9.17) is 4.55 Å². The number of carbonyl (C=O) groups excluding carboxylic acids is 2. The van der Waals surface area contributed by atoms with Crippen LogP contribution in [-0.2, 0) is 35.4 Å². The first-order valence-corrected chi connectivity index (χ1v) is 11.5. The third kappa shape index (κ3) is 8.21. The second-order valence-corrected chi connectivity index (χ2v) is 9.12. The lowest BCUT2D eigenvalue weighted by Gasteiger charge is -2.33. The van der Waals surface area contributed by atoms with Gasteiger partial charge in [-0.15, -0.1) is 0 Å². The molecule has 0 radical (unpaired) electrons. The van der Waals surface area contributed by atoms with Gasteiger partial charge in [0.25, 0.3) is 0 Å². The Hall–Kier alpha value is -3.14. The minimum Gasteiger partial charge on any atom is -0.412 e. The Morgan fingerprint density at radius 2 is 1.37 bits per heavy atom. The smallest absolute Gasteiger partial charge is 0.412 e. The van der Waals surface area contributed by atoms with E-state index >= 15 is 0 Å². The quantitative estimate of drug-likeness (QED) is 0.0816. The zero-order chi connectivity index (χ0) is 32.5. The lowest BCUT2D eigenvalue weighted by molar-refractivity contribution is -0.346. The molecule has 1 aromatic rings. The summed E-state index contributed by atoms with van der Waals surface area (Å²) in [6.45, 7) is 0.140. The molecule has 1 aromatic carbocycles. The highest BCUT2D eigenvalue weighted by atomic mass is 32.2. The molecule has 0 saturated carbocycles. The summed E-state index contributed by atoms with van der Waals surface area (Å²) < 4.78 is 209. The number of hydrogen-bond acceptors (Lipinski definition) is 6. The zero-order valence-corrected chi connectivity index (χ0v) is 20.2. The molecule has 1 rings (SSSR count). The zero-order valence-electron chi connectivity index (χ0n) is 19.4. The van der Waals surface area contributed by atoms with Gasteiger partial charge in [-0.25, -0.2) is 4.79 Å². The highest BCUT2D eigenvalue weighted by molar-refractivity contribution is 7.87. The summed E-state index contributed by atoms with van der Waals surface area (Å²) in [6.07, 6.45) is -21.3. The van der Waals surface area contributed by atoms with Crippen molar-refractivity contribution in [2.75, 3.05) is 11.9 Å². The van der Waals surface area contributed by atoms with Gasteiger partial charge in [0, 0.05) is 12.1 Å². The average Bonchev–Trinajstić information content (AvgIpc) is 2.77. The molecule has 0 aliphatic carbocycles. The van der Waals surface area contributed by atoms with Crippen molar-refractivity contribution in [1.29, 1.82) is 0 Å². The number of amides is 1. The van der Waals surface area contributed by atoms with Gasteiger partial charge in [0.05, 0.1) is 12.2 Å². The molecular formula is C19H14F13NO7S. The van der Waals surface area contributed by atoms with Gasteiger partial charge >= 0.3 is 57.5 Å². The van der Waals surface area contributed by atoms with E-state index < -0.39 is 93.8 Å². The summed E-state index contributed by atoms with van der Waals surface area (Å²) in [6, 6.07) is 1.13. The second kappa shape index (κ2) is 11.6. The molecule has 22 heteroatoms. The van der Waals surface area contributed by atoms with Crippen LogP contribution in [0.2, 0.25) is 0 Å².